The number of halogens is 1. The maximum absolute atomic E-state index is 14.1. The third kappa shape index (κ3) is 3.98. The molecule has 0 saturated carbocycles. The highest BCUT2D eigenvalue weighted by Crippen LogP contribution is 2.51. The quantitative estimate of drug-likeness (QED) is 0.180. The predicted octanol–water partition coefficient (Wildman–Crippen LogP) is 12.6. The van der Waals surface area contributed by atoms with Gasteiger partial charge < -0.3 is 0 Å². The first-order valence-electron chi connectivity index (χ1n) is 16.0. The SMILES string of the molecule is CC1(C)c2ccccc2-c2cc(-c3c4ccccc4c(-c4ccc(F)cc4)c4ccc(-c5ccc6ccccc6c5)cc34)ccc21. The van der Waals surface area contributed by atoms with Crippen LogP contribution in [-0.2, 0) is 5.41 Å². The van der Waals surface area contributed by atoms with Crippen molar-refractivity contribution in [2.45, 2.75) is 19.3 Å². The molecule has 0 amide bonds. The molecule has 0 saturated heterocycles. The Morgan fingerprint density at radius 2 is 0.957 bits per heavy atom. The van der Waals surface area contributed by atoms with Crippen LogP contribution in [0.3, 0.4) is 0 Å². The molecule has 218 valence electrons. The summed E-state index contributed by atoms with van der Waals surface area (Å²) in [6.07, 6.45) is 0. The van der Waals surface area contributed by atoms with Gasteiger partial charge in [-0.05, 0) is 118 Å². The Balaban J connectivity index is 1.37. The van der Waals surface area contributed by atoms with Crippen molar-refractivity contribution in [2.75, 3.05) is 0 Å². The molecule has 0 aliphatic heterocycles. The van der Waals surface area contributed by atoms with Crippen LogP contribution in [0.5, 0.6) is 0 Å². The summed E-state index contributed by atoms with van der Waals surface area (Å²) < 4.78 is 14.1. The molecular formula is C45H31F. The Morgan fingerprint density at radius 3 is 1.76 bits per heavy atom. The van der Waals surface area contributed by atoms with Crippen LogP contribution in [0, 0.1) is 5.82 Å². The minimum atomic E-state index is -0.228. The summed E-state index contributed by atoms with van der Waals surface area (Å²) in [5.41, 5.74) is 12.3. The third-order valence-electron chi connectivity index (χ3n) is 10.1. The molecule has 0 heterocycles. The van der Waals surface area contributed by atoms with Crippen LogP contribution in [-0.4, -0.2) is 0 Å². The Labute approximate surface area is 268 Å². The summed E-state index contributed by atoms with van der Waals surface area (Å²) in [4.78, 5) is 0. The smallest absolute Gasteiger partial charge is 0.123 e. The fourth-order valence-corrected chi connectivity index (χ4v) is 7.84. The third-order valence-corrected chi connectivity index (χ3v) is 10.1. The molecule has 0 bridgehead atoms. The van der Waals surface area contributed by atoms with E-state index < -0.39 is 0 Å². The second-order valence-corrected chi connectivity index (χ2v) is 13.1. The fourth-order valence-electron chi connectivity index (χ4n) is 7.84. The van der Waals surface area contributed by atoms with Crippen molar-refractivity contribution in [2.24, 2.45) is 0 Å². The van der Waals surface area contributed by atoms with Gasteiger partial charge in [-0.3, -0.25) is 0 Å². The average molecular weight is 591 g/mol. The molecule has 0 unspecified atom stereocenters. The lowest BCUT2D eigenvalue weighted by molar-refractivity contribution is 0.628. The Hall–Kier alpha value is -5.53. The zero-order valence-corrected chi connectivity index (χ0v) is 25.8. The van der Waals surface area contributed by atoms with Crippen LogP contribution in [0.2, 0.25) is 0 Å². The maximum Gasteiger partial charge on any atom is 0.123 e. The molecule has 0 aromatic heterocycles. The molecule has 0 spiro atoms. The molecule has 0 N–H and O–H groups in total. The highest BCUT2D eigenvalue weighted by Gasteiger charge is 2.35. The zero-order valence-electron chi connectivity index (χ0n) is 25.8. The van der Waals surface area contributed by atoms with Gasteiger partial charge in [0.05, 0.1) is 0 Å². The molecule has 1 aliphatic rings. The van der Waals surface area contributed by atoms with E-state index >= 15 is 0 Å². The van der Waals surface area contributed by atoms with E-state index in [-0.39, 0.29) is 11.2 Å². The normalized spacial score (nSPS) is 13.3. The van der Waals surface area contributed by atoms with Gasteiger partial charge in [-0.15, -0.1) is 0 Å². The molecule has 8 aromatic rings. The molecule has 0 radical (unpaired) electrons. The van der Waals surface area contributed by atoms with Crippen molar-refractivity contribution in [3.63, 3.8) is 0 Å². The first-order chi connectivity index (χ1) is 22.5. The van der Waals surface area contributed by atoms with Crippen molar-refractivity contribution in [3.8, 4) is 44.5 Å². The lowest BCUT2D eigenvalue weighted by Crippen LogP contribution is -2.14. The van der Waals surface area contributed by atoms with Gasteiger partial charge in [0.15, 0.2) is 0 Å². The Bertz CT molecular complexity index is 2500. The van der Waals surface area contributed by atoms with E-state index in [9.17, 15) is 4.39 Å². The van der Waals surface area contributed by atoms with E-state index in [2.05, 4.69) is 141 Å². The Morgan fingerprint density at radius 1 is 0.391 bits per heavy atom. The van der Waals surface area contributed by atoms with Crippen LogP contribution in [0.25, 0.3) is 76.8 Å². The largest absolute Gasteiger partial charge is 0.207 e. The molecular weight excluding hydrogens is 559 g/mol. The molecule has 0 nitrogen and oxygen atoms in total. The first-order valence-corrected chi connectivity index (χ1v) is 16.0. The molecule has 9 rings (SSSR count). The average Bonchev–Trinajstić information content (AvgIpc) is 3.33. The van der Waals surface area contributed by atoms with Crippen LogP contribution in [0.1, 0.15) is 25.0 Å². The van der Waals surface area contributed by atoms with Gasteiger partial charge in [0, 0.05) is 5.41 Å². The van der Waals surface area contributed by atoms with Crippen LogP contribution in [0.4, 0.5) is 4.39 Å². The number of hydrogen-bond donors (Lipinski definition) is 0. The summed E-state index contributed by atoms with van der Waals surface area (Å²) in [7, 11) is 0. The fraction of sp³-hybridized carbons (Fsp3) is 0.0667. The van der Waals surface area contributed by atoms with Gasteiger partial charge in [-0.25, -0.2) is 4.39 Å². The van der Waals surface area contributed by atoms with Gasteiger partial charge in [0.25, 0.3) is 0 Å². The predicted molar refractivity (Wildman–Crippen MR) is 193 cm³/mol. The number of hydrogen-bond acceptors (Lipinski definition) is 0. The van der Waals surface area contributed by atoms with E-state index in [4.69, 9.17) is 0 Å². The molecule has 8 aromatic carbocycles. The molecule has 1 aliphatic carbocycles. The topological polar surface area (TPSA) is 0 Å². The summed E-state index contributed by atoms with van der Waals surface area (Å²) in [6, 6.07) is 53.6. The molecule has 0 atom stereocenters. The number of benzene rings is 8. The van der Waals surface area contributed by atoms with E-state index in [1.54, 1.807) is 12.1 Å². The minimum absolute atomic E-state index is 0.0513. The molecule has 0 fully saturated rings. The number of fused-ring (bicyclic) bond motifs is 6. The number of rotatable bonds is 3. The highest BCUT2D eigenvalue weighted by atomic mass is 19.1. The van der Waals surface area contributed by atoms with Crippen LogP contribution < -0.4 is 0 Å². The van der Waals surface area contributed by atoms with Crippen molar-refractivity contribution < 1.29 is 4.39 Å². The van der Waals surface area contributed by atoms with Crippen molar-refractivity contribution >= 4 is 32.3 Å². The van der Waals surface area contributed by atoms with Crippen molar-refractivity contribution in [3.05, 3.63) is 169 Å². The summed E-state index contributed by atoms with van der Waals surface area (Å²) in [5.74, 6) is -0.228. The lowest BCUT2D eigenvalue weighted by atomic mass is 9.81. The maximum atomic E-state index is 14.1. The van der Waals surface area contributed by atoms with Crippen LogP contribution in [0.15, 0.2) is 152 Å². The van der Waals surface area contributed by atoms with Crippen molar-refractivity contribution in [1.82, 2.24) is 0 Å². The second kappa shape index (κ2) is 9.99. The first kappa shape index (κ1) is 26.8. The van der Waals surface area contributed by atoms with Gasteiger partial charge >= 0.3 is 0 Å². The van der Waals surface area contributed by atoms with Crippen LogP contribution >= 0.6 is 0 Å². The van der Waals surface area contributed by atoms with Gasteiger partial charge in [-0.2, -0.15) is 0 Å². The standard InChI is InChI=1S/C45H31F/c1-45(2)41-14-8-7-11-35(41)39-27-33(20-24-42(39)45)44-37-13-6-5-12-36(37)43(29-17-21-34(46)22-18-29)38-23-19-32(26-40(38)44)31-16-15-28-9-3-4-10-30(28)25-31/h3-27H,1-2H3. The zero-order chi connectivity index (χ0) is 31.0. The Kier molecular flexibility index (Phi) is 5.83. The molecule has 46 heavy (non-hydrogen) atoms. The molecule has 1 heteroatoms. The van der Waals surface area contributed by atoms with E-state index in [1.807, 2.05) is 12.1 Å². The van der Waals surface area contributed by atoms with Gasteiger partial charge in [-0.1, -0.05) is 135 Å². The van der Waals surface area contributed by atoms with E-state index in [0.29, 0.717) is 0 Å². The van der Waals surface area contributed by atoms with Gasteiger partial charge in [0.2, 0.25) is 0 Å². The lowest BCUT2D eigenvalue weighted by Gasteiger charge is -2.22. The summed E-state index contributed by atoms with van der Waals surface area (Å²) in [5, 5.41) is 7.16. The minimum Gasteiger partial charge on any atom is -0.207 e. The highest BCUT2D eigenvalue weighted by molar-refractivity contribution is 6.22. The summed E-state index contributed by atoms with van der Waals surface area (Å²) in [6.45, 7) is 4.66. The van der Waals surface area contributed by atoms with E-state index in [0.717, 1.165) is 21.9 Å². The van der Waals surface area contributed by atoms with Gasteiger partial charge in [0.1, 0.15) is 5.82 Å². The monoisotopic (exact) mass is 590 g/mol. The van der Waals surface area contributed by atoms with E-state index in [1.165, 1.54) is 66.1 Å². The summed E-state index contributed by atoms with van der Waals surface area (Å²) >= 11 is 0. The second-order valence-electron chi connectivity index (χ2n) is 13.1. The van der Waals surface area contributed by atoms with Crippen molar-refractivity contribution in [1.29, 1.82) is 0 Å².